The SMILES string of the molecule is C[C@@H](Cc1nc2ccccc2s1)SCCS(C)(=O)=O. The fraction of sp³-hybridized carbons (Fsp3) is 0.462. The minimum atomic E-state index is -2.85. The summed E-state index contributed by atoms with van der Waals surface area (Å²) in [7, 11) is -2.85. The molecule has 1 heterocycles. The highest BCUT2D eigenvalue weighted by Gasteiger charge is 2.10. The van der Waals surface area contributed by atoms with E-state index in [1.807, 2.05) is 18.2 Å². The number of nitrogens with zero attached hydrogens (tertiary/aromatic N) is 1. The van der Waals surface area contributed by atoms with Gasteiger partial charge in [-0.15, -0.1) is 11.3 Å². The molecule has 2 rings (SSSR count). The van der Waals surface area contributed by atoms with Crippen LogP contribution in [0.3, 0.4) is 0 Å². The fourth-order valence-corrected chi connectivity index (χ4v) is 5.19. The van der Waals surface area contributed by atoms with Crippen LogP contribution in [0.1, 0.15) is 11.9 Å². The number of hydrogen-bond donors (Lipinski definition) is 0. The van der Waals surface area contributed by atoms with Crippen LogP contribution in [-0.2, 0) is 16.3 Å². The van der Waals surface area contributed by atoms with Gasteiger partial charge in [0, 0.05) is 23.7 Å². The minimum Gasteiger partial charge on any atom is -0.241 e. The molecule has 0 saturated heterocycles. The lowest BCUT2D eigenvalue weighted by molar-refractivity contribution is 0.603. The Morgan fingerprint density at radius 3 is 2.79 bits per heavy atom. The smallest absolute Gasteiger partial charge is 0.148 e. The van der Waals surface area contributed by atoms with Crippen molar-refractivity contribution in [2.45, 2.75) is 18.6 Å². The van der Waals surface area contributed by atoms with E-state index in [0.29, 0.717) is 11.0 Å². The molecule has 104 valence electrons. The average molecular weight is 315 g/mol. The van der Waals surface area contributed by atoms with E-state index in [1.165, 1.54) is 11.0 Å². The van der Waals surface area contributed by atoms with Crippen molar-refractivity contribution in [3.63, 3.8) is 0 Å². The van der Waals surface area contributed by atoms with Gasteiger partial charge in [-0.25, -0.2) is 13.4 Å². The molecule has 0 saturated carbocycles. The minimum absolute atomic E-state index is 0.252. The monoisotopic (exact) mass is 315 g/mol. The van der Waals surface area contributed by atoms with Crippen molar-refractivity contribution >= 4 is 43.2 Å². The van der Waals surface area contributed by atoms with Gasteiger partial charge >= 0.3 is 0 Å². The van der Waals surface area contributed by atoms with Crippen LogP contribution in [0.5, 0.6) is 0 Å². The number of benzene rings is 1. The Morgan fingerprint density at radius 1 is 1.37 bits per heavy atom. The predicted octanol–water partition coefficient (Wildman–Crippen LogP) is 3.01. The molecule has 0 aliphatic rings. The van der Waals surface area contributed by atoms with Crippen LogP contribution in [0.2, 0.25) is 0 Å². The summed E-state index contributed by atoms with van der Waals surface area (Å²) in [6, 6.07) is 8.12. The van der Waals surface area contributed by atoms with Crippen molar-refractivity contribution in [1.29, 1.82) is 0 Å². The van der Waals surface area contributed by atoms with Gasteiger partial charge in [-0.2, -0.15) is 11.8 Å². The molecule has 0 unspecified atom stereocenters. The van der Waals surface area contributed by atoms with E-state index < -0.39 is 9.84 Å². The first kappa shape index (κ1) is 14.8. The van der Waals surface area contributed by atoms with E-state index in [4.69, 9.17) is 0 Å². The molecule has 0 fully saturated rings. The number of rotatable bonds is 6. The molecule has 1 aromatic carbocycles. The van der Waals surface area contributed by atoms with Gasteiger partial charge in [0.15, 0.2) is 0 Å². The van der Waals surface area contributed by atoms with Crippen LogP contribution in [-0.4, -0.2) is 36.4 Å². The fourth-order valence-electron chi connectivity index (χ4n) is 1.71. The maximum Gasteiger partial charge on any atom is 0.148 e. The van der Waals surface area contributed by atoms with Crippen molar-refractivity contribution < 1.29 is 8.42 Å². The number of thioether (sulfide) groups is 1. The molecule has 6 heteroatoms. The molecular weight excluding hydrogens is 298 g/mol. The lowest BCUT2D eigenvalue weighted by Crippen LogP contribution is -2.09. The maximum atomic E-state index is 11.1. The Hall–Kier alpha value is -0.590. The Bertz CT molecular complexity index is 616. The first-order valence-electron chi connectivity index (χ1n) is 6.08. The van der Waals surface area contributed by atoms with Gasteiger partial charge in [0.25, 0.3) is 0 Å². The predicted molar refractivity (Wildman–Crippen MR) is 85.0 cm³/mol. The second kappa shape index (κ2) is 6.24. The highest BCUT2D eigenvalue weighted by Crippen LogP contribution is 2.25. The van der Waals surface area contributed by atoms with Gasteiger partial charge in [0.1, 0.15) is 9.84 Å². The highest BCUT2D eigenvalue weighted by molar-refractivity contribution is 8.01. The summed E-state index contributed by atoms with van der Waals surface area (Å²) < 4.78 is 23.3. The summed E-state index contributed by atoms with van der Waals surface area (Å²) >= 11 is 3.42. The summed E-state index contributed by atoms with van der Waals surface area (Å²) in [6.45, 7) is 2.12. The standard InChI is InChI=1S/C13H17NO2S3/c1-10(17-7-8-19(2,15)16)9-13-14-11-5-3-4-6-12(11)18-13/h3-6,10H,7-9H2,1-2H3/t10-/m0/s1. The van der Waals surface area contributed by atoms with Crippen molar-refractivity contribution in [2.75, 3.05) is 17.8 Å². The third kappa shape index (κ3) is 4.78. The maximum absolute atomic E-state index is 11.1. The van der Waals surface area contributed by atoms with Gasteiger partial charge in [-0.05, 0) is 12.1 Å². The van der Waals surface area contributed by atoms with Crippen LogP contribution in [0.25, 0.3) is 10.2 Å². The summed E-state index contributed by atoms with van der Waals surface area (Å²) in [6.07, 6.45) is 2.18. The molecule has 19 heavy (non-hydrogen) atoms. The second-order valence-electron chi connectivity index (χ2n) is 4.59. The number of aromatic nitrogens is 1. The van der Waals surface area contributed by atoms with Crippen molar-refractivity contribution in [2.24, 2.45) is 0 Å². The third-order valence-corrected chi connectivity index (χ3v) is 6.10. The van der Waals surface area contributed by atoms with Gasteiger partial charge in [0.05, 0.1) is 21.0 Å². The zero-order valence-corrected chi connectivity index (χ0v) is 13.4. The van der Waals surface area contributed by atoms with E-state index >= 15 is 0 Å². The Morgan fingerprint density at radius 2 is 2.11 bits per heavy atom. The summed E-state index contributed by atoms with van der Waals surface area (Å²) in [4.78, 5) is 4.60. The topological polar surface area (TPSA) is 47.0 Å². The van der Waals surface area contributed by atoms with E-state index in [0.717, 1.165) is 16.9 Å². The lowest BCUT2D eigenvalue weighted by Gasteiger charge is -2.08. The number of para-hydroxylation sites is 1. The van der Waals surface area contributed by atoms with Crippen LogP contribution >= 0.6 is 23.1 Å². The van der Waals surface area contributed by atoms with Crippen LogP contribution in [0, 0.1) is 0 Å². The highest BCUT2D eigenvalue weighted by atomic mass is 32.2. The van der Waals surface area contributed by atoms with Crippen molar-refractivity contribution in [3.8, 4) is 0 Å². The van der Waals surface area contributed by atoms with Crippen LogP contribution < -0.4 is 0 Å². The molecule has 1 atom stereocenters. The average Bonchev–Trinajstić information content (AvgIpc) is 2.68. The van der Waals surface area contributed by atoms with Gasteiger partial charge in [-0.3, -0.25) is 0 Å². The third-order valence-electron chi connectivity index (χ3n) is 2.66. The number of thiazole rings is 1. The molecule has 0 N–H and O–H groups in total. The van der Waals surface area contributed by atoms with E-state index in [-0.39, 0.29) is 5.75 Å². The first-order valence-corrected chi connectivity index (χ1v) is 10.0. The number of sulfone groups is 1. The van der Waals surface area contributed by atoms with Gasteiger partial charge < -0.3 is 0 Å². The van der Waals surface area contributed by atoms with Gasteiger partial charge in [-0.1, -0.05) is 19.1 Å². The van der Waals surface area contributed by atoms with Crippen molar-refractivity contribution in [3.05, 3.63) is 29.3 Å². The van der Waals surface area contributed by atoms with Crippen molar-refractivity contribution in [1.82, 2.24) is 4.98 Å². The quantitative estimate of drug-likeness (QED) is 0.822. The lowest BCUT2D eigenvalue weighted by atomic mass is 10.3. The molecule has 3 nitrogen and oxygen atoms in total. The summed E-state index contributed by atoms with van der Waals surface area (Å²) in [5, 5.41) is 1.52. The molecule has 0 bridgehead atoms. The molecule has 1 aromatic heterocycles. The zero-order valence-electron chi connectivity index (χ0n) is 11.0. The molecule has 2 aromatic rings. The largest absolute Gasteiger partial charge is 0.241 e. The summed E-state index contributed by atoms with van der Waals surface area (Å²) in [5.74, 6) is 0.909. The molecule has 0 spiro atoms. The first-order chi connectivity index (χ1) is 8.94. The molecule has 0 radical (unpaired) electrons. The van der Waals surface area contributed by atoms with E-state index in [9.17, 15) is 8.42 Å². The molecule has 0 aliphatic heterocycles. The zero-order chi connectivity index (χ0) is 13.9. The Balaban J connectivity index is 1.89. The van der Waals surface area contributed by atoms with E-state index in [2.05, 4.69) is 18.0 Å². The number of fused-ring (bicyclic) bond motifs is 1. The van der Waals surface area contributed by atoms with E-state index in [1.54, 1.807) is 23.1 Å². The number of hydrogen-bond acceptors (Lipinski definition) is 5. The molecule has 0 aliphatic carbocycles. The molecule has 0 amide bonds. The normalized spacial score (nSPS) is 13.8. The Labute approximate surface area is 122 Å². The Kier molecular flexibility index (Phi) is 4.86. The summed E-state index contributed by atoms with van der Waals surface area (Å²) in [5.41, 5.74) is 1.05. The van der Waals surface area contributed by atoms with Crippen LogP contribution in [0.4, 0.5) is 0 Å². The van der Waals surface area contributed by atoms with Crippen LogP contribution in [0.15, 0.2) is 24.3 Å². The van der Waals surface area contributed by atoms with Gasteiger partial charge in [0.2, 0.25) is 0 Å². The molecular formula is C13H17NO2S3. The second-order valence-corrected chi connectivity index (χ2v) is 9.51.